The van der Waals surface area contributed by atoms with Crippen molar-refractivity contribution in [1.82, 2.24) is 0 Å². The quantitative estimate of drug-likeness (QED) is 0.836. The summed E-state index contributed by atoms with van der Waals surface area (Å²) in [5.74, 6) is -1.74. The van der Waals surface area contributed by atoms with Gasteiger partial charge in [-0.2, -0.15) is 0 Å². The molecule has 0 spiro atoms. The van der Waals surface area contributed by atoms with Gasteiger partial charge in [-0.1, -0.05) is 6.07 Å². The fraction of sp³-hybridized carbons (Fsp3) is 0.143. The minimum Gasteiger partial charge on any atom is -0.489 e. The molecule has 2 nitrogen and oxygen atoms in total. The van der Waals surface area contributed by atoms with Gasteiger partial charge in [0.15, 0.2) is 11.6 Å². The molecule has 1 N–H and O–H groups in total. The van der Waals surface area contributed by atoms with Gasteiger partial charge >= 0.3 is 0 Å². The Hall–Kier alpha value is -2.17. The Morgan fingerprint density at radius 2 is 1.74 bits per heavy atom. The van der Waals surface area contributed by atoms with Gasteiger partial charge in [0.25, 0.3) is 0 Å². The summed E-state index contributed by atoms with van der Waals surface area (Å²) < 4.78 is 43.9. The monoisotopic (exact) mass is 267 g/mol. The lowest BCUT2D eigenvalue weighted by Gasteiger charge is -2.09. The highest BCUT2D eigenvalue weighted by Gasteiger charge is 2.04. The topological polar surface area (TPSA) is 21.3 Å². The maximum absolute atomic E-state index is 13.2. The number of ether oxygens (including phenoxy) is 1. The fourth-order valence-corrected chi connectivity index (χ4v) is 1.55. The van der Waals surface area contributed by atoms with E-state index in [0.717, 1.165) is 12.1 Å². The summed E-state index contributed by atoms with van der Waals surface area (Å²) >= 11 is 0. The molecule has 0 aromatic heterocycles. The van der Waals surface area contributed by atoms with Crippen molar-refractivity contribution in [2.24, 2.45) is 0 Å². The van der Waals surface area contributed by atoms with Gasteiger partial charge < -0.3 is 10.1 Å². The van der Waals surface area contributed by atoms with Crippen LogP contribution in [0.5, 0.6) is 5.75 Å². The third-order valence-corrected chi connectivity index (χ3v) is 2.41. The zero-order valence-corrected chi connectivity index (χ0v) is 10.00. The molecule has 2 rings (SSSR count). The Morgan fingerprint density at radius 3 is 2.47 bits per heavy atom. The number of rotatable bonds is 5. The van der Waals surface area contributed by atoms with Crippen molar-refractivity contribution >= 4 is 5.69 Å². The predicted octanol–water partition coefficient (Wildman–Crippen LogP) is 3.59. The first-order chi connectivity index (χ1) is 9.15. The molecule has 0 aliphatic carbocycles. The Kier molecular flexibility index (Phi) is 4.28. The maximum atomic E-state index is 13.2. The standard InChI is InChI=1S/C14H12F3NO/c15-10-2-1-3-12(8-10)18-6-7-19-14-5-4-11(16)9-13(14)17/h1-5,8-9,18H,6-7H2. The summed E-state index contributed by atoms with van der Waals surface area (Å²) in [7, 11) is 0. The molecule has 0 saturated carbocycles. The van der Waals surface area contributed by atoms with Crippen molar-refractivity contribution in [2.45, 2.75) is 0 Å². The summed E-state index contributed by atoms with van der Waals surface area (Å²) in [6, 6.07) is 9.09. The summed E-state index contributed by atoms with van der Waals surface area (Å²) in [6.07, 6.45) is 0. The van der Waals surface area contributed by atoms with Crippen LogP contribution in [-0.4, -0.2) is 13.2 Å². The van der Waals surface area contributed by atoms with E-state index in [1.54, 1.807) is 12.1 Å². The van der Waals surface area contributed by atoms with Crippen molar-refractivity contribution in [3.63, 3.8) is 0 Å². The molecule has 0 amide bonds. The Balaban J connectivity index is 1.81. The van der Waals surface area contributed by atoms with Crippen molar-refractivity contribution in [3.8, 4) is 5.75 Å². The summed E-state index contributed by atoms with van der Waals surface area (Å²) in [4.78, 5) is 0. The number of anilines is 1. The van der Waals surface area contributed by atoms with Crippen molar-refractivity contribution < 1.29 is 17.9 Å². The number of halogens is 3. The molecule has 2 aromatic rings. The van der Waals surface area contributed by atoms with Crippen LogP contribution in [0.3, 0.4) is 0 Å². The Bertz CT molecular complexity index is 560. The molecule has 0 bridgehead atoms. The largest absolute Gasteiger partial charge is 0.489 e. The van der Waals surface area contributed by atoms with Gasteiger partial charge in [0.05, 0.1) is 0 Å². The Morgan fingerprint density at radius 1 is 0.947 bits per heavy atom. The van der Waals surface area contributed by atoms with E-state index in [1.165, 1.54) is 18.2 Å². The van der Waals surface area contributed by atoms with Crippen LogP contribution in [-0.2, 0) is 0 Å². The molecule has 0 heterocycles. The van der Waals surface area contributed by atoms with Crippen molar-refractivity contribution in [2.75, 3.05) is 18.5 Å². The number of hydrogen-bond acceptors (Lipinski definition) is 2. The summed E-state index contributed by atoms with van der Waals surface area (Å²) in [5.41, 5.74) is 0.614. The highest BCUT2D eigenvalue weighted by atomic mass is 19.1. The molecule has 0 unspecified atom stereocenters. The molecule has 0 fully saturated rings. The SMILES string of the molecule is Fc1cccc(NCCOc2ccc(F)cc2F)c1. The van der Waals surface area contributed by atoms with Crippen LogP contribution >= 0.6 is 0 Å². The van der Waals surface area contributed by atoms with Gasteiger partial charge in [0.1, 0.15) is 18.2 Å². The lowest BCUT2D eigenvalue weighted by atomic mass is 10.3. The van der Waals surface area contributed by atoms with Crippen LogP contribution in [0.25, 0.3) is 0 Å². The molecule has 19 heavy (non-hydrogen) atoms. The zero-order chi connectivity index (χ0) is 13.7. The molecule has 2 aromatic carbocycles. The third kappa shape index (κ3) is 3.91. The second kappa shape index (κ2) is 6.13. The first-order valence-corrected chi connectivity index (χ1v) is 5.72. The van der Waals surface area contributed by atoms with Crippen LogP contribution < -0.4 is 10.1 Å². The molecule has 0 aliphatic rings. The minimum absolute atomic E-state index is 0.0116. The molecule has 100 valence electrons. The van der Waals surface area contributed by atoms with Gasteiger partial charge in [0, 0.05) is 18.3 Å². The lowest BCUT2D eigenvalue weighted by Crippen LogP contribution is -2.12. The van der Waals surface area contributed by atoms with Gasteiger partial charge in [-0.3, -0.25) is 0 Å². The van der Waals surface area contributed by atoms with E-state index in [0.29, 0.717) is 12.2 Å². The summed E-state index contributed by atoms with van der Waals surface area (Å²) in [6.45, 7) is 0.555. The normalized spacial score (nSPS) is 10.3. The highest BCUT2D eigenvalue weighted by molar-refractivity contribution is 5.42. The molecule has 0 saturated heterocycles. The van der Waals surface area contributed by atoms with E-state index in [1.807, 2.05) is 0 Å². The lowest BCUT2D eigenvalue weighted by molar-refractivity contribution is 0.314. The highest BCUT2D eigenvalue weighted by Crippen LogP contribution is 2.17. The van der Waals surface area contributed by atoms with Crippen LogP contribution in [0.15, 0.2) is 42.5 Å². The van der Waals surface area contributed by atoms with E-state index in [9.17, 15) is 13.2 Å². The van der Waals surface area contributed by atoms with Crippen LogP contribution in [0.1, 0.15) is 0 Å². The number of hydrogen-bond donors (Lipinski definition) is 1. The number of nitrogens with one attached hydrogen (secondary N) is 1. The average molecular weight is 267 g/mol. The van der Waals surface area contributed by atoms with Crippen molar-refractivity contribution in [1.29, 1.82) is 0 Å². The second-order valence-electron chi connectivity index (χ2n) is 3.86. The van der Waals surface area contributed by atoms with Crippen LogP contribution in [0.2, 0.25) is 0 Å². The molecule has 0 atom stereocenters. The molecule has 0 aliphatic heterocycles. The van der Waals surface area contributed by atoms with E-state index >= 15 is 0 Å². The predicted molar refractivity (Wildman–Crippen MR) is 66.7 cm³/mol. The summed E-state index contributed by atoms with van der Waals surface area (Å²) in [5, 5.41) is 2.93. The minimum atomic E-state index is -0.745. The Labute approximate surface area is 108 Å². The van der Waals surface area contributed by atoms with E-state index < -0.39 is 11.6 Å². The van der Waals surface area contributed by atoms with Gasteiger partial charge in [0.2, 0.25) is 0 Å². The molecular formula is C14H12F3NO. The van der Waals surface area contributed by atoms with Gasteiger partial charge in [-0.05, 0) is 30.3 Å². The van der Waals surface area contributed by atoms with E-state index in [4.69, 9.17) is 4.74 Å². The van der Waals surface area contributed by atoms with E-state index in [2.05, 4.69) is 5.32 Å². The van der Waals surface area contributed by atoms with Gasteiger partial charge in [-0.25, -0.2) is 13.2 Å². The fourth-order valence-electron chi connectivity index (χ4n) is 1.55. The molecular weight excluding hydrogens is 255 g/mol. The van der Waals surface area contributed by atoms with Crippen LogP contribution in [0, 0.1) is 17.5 Å². The molecule has 5 heteroatoms. The maximum Gasteiger partial charge on any atom is 0.167 e. The average Bonchev–Trinajstić information content (AvgIpc) is 2.37. The van der Waals surface area contributed by atoms with Crippen molar-refractivity contribution in [3.05, 3.63) is 59.9 Å². The third-order valence-electron chi connectivity index (χ3n) is 2.41. The van der Waals surface area contributed by atoms with Gasteiger partial charge in [-0.15, -0.1) is 0 Å². The first-order valence-electron chi connectivity index (χ1n) is 5.72. The van der Waals surface area contributed by atoms with E-state index in [-0.39, 0.29) is 18.2 Å². The molecule has 0 radical (unpaired) electrons. The zero-order valence-electron chi connectivity index (χ0n) is 10.00. The van der Waals surface area contributed by atoms with Crippen LogP contribution in [0.4, 0.5) is 18.9 Å². The second-order valence-corrected chi connectivity index (χ2v) is 3.86. The number of benzene rings is 2. The smallest absolute Gasteiger partial charge is 0.167 e. The first kappa shape index (κ1) is 13.3.